The summed E-state index contributed by atoms with van der Waals surface area (Å²) in [5.74, 6) is -0.421. The number of halogens is 1. The number of benzene rings is 1. The second-order valence-corrected chi connectivity index (χ2v) is 7.26. The van der Waals surface area contributed by atoms with E-state index >= 15 is 0 Å². The molecule has 1 heterocycles. The lowest BCUT2D eigenvalue weighted by atomic mass is 10.2. The fourth-order valence-electron chi connectivity index (χ4n) is 2.55. The van der Waals surface area contributed by atoms with Gasteiger partial charge in [0.15, 0.2) is 0 Å². The van der Waals surface area contributed by atoms with E-state index in [1.807, 2.05) is 0 Å². The summed E-state index contributed by atoms with van der Waals surface area (Å²) in [4.78, 5) is 1.63. The average molecular weight is 301 g/mol. The van der Waals surface area contributed by atoms with Crippen molar-refractivity contribution in [3.63, 3.8) is 0 Å². The number of quaternary nitrogens is 1. The van der Waals surface area contributed by atoms with E-state index < -0.39 is 15.8 Å². The molecule has 0 spiro atoms. The van der Waals surface area contributed by atoms with Crippen LogP contribution in [0.5, 0.6) is 0 Å². The number of nitrogens with zero attached hydrogens (tertiary/aromatic N) is 1. The first kappa shape index (κ1) is 15.4. The van der Waals surface area contributed by atoms with Crippen LogP contribution in [0.2, 0.25) is 0 Å². The first-order chi connectivity index (χ1) is 9.45. The van der Waals surface area contributed by atoms with Gasteiger partial charge in [-0.25, -0.2) is 12.8 Å². The van der Waals surface area contributed by atoms with Crippen LogP contribution in [-0.2, 0) is 10.0 Å². The summed E-state index contributed by atoms with van der Waals surface area (Å²) in [6, 6.07) is 5.60. The minimum atomic E-state index is -3.48. The van der Waals surface area contributed by atoms with Crippen molar-refractivity contribution in [1.82, 2.24) is 4.31 Å². The van der Waals surface area contributed by atoms with Crippen molar-refractivity contribution in [3.05, 3.63) is 30.1 Å². The maximum atomic E-state index is 12.9. The Balaban J connectivity index is 2.07. The quantitative estimate of drug-likeness (QED) is 0.881. The summed E-state index contributed by atoms with van der Waals surface area (Å²) < 4.78 is 39.3. The molecule has 1 aromatic carbocycles. The van der Waals surface area contributed by atoms with Gasteiger partial charge in [0.25, 0.3) is 0 Å². The van der Waals surface area contributed by atoms with E-state index in [4.69, 9.17) is 0 Å². The lowest BCUT2D eigenvalue weighted by molar-refractivity contribution is -0.927. The Labute approximate surface area is 120 Å². The number of nitrogens with one attached hydrogen (secondary N) is 1. The van der Waals surface area contributed by atoms with Crippen LogP contribution < -0.4 is 4.90 Å². The average Bonchev–Trinajstić information content (AvgIpc) is 2.47. The van der Waals surface area contributed by atoms with Crippen LogP contribution in [0.1, 0.15) is 20.3 Å². The van der Waals surface area contributed by atoms with Gasteiger partial charge in [0.2, 0.25) is 10.0 Å². The van der Waals surface area contributed by atoms with E-state index in [1.165, 1.54) is 33.5 Å². The molecule has 112 valence electrons. The van der Waals surface area contributed by atoms with E-state index in [2.05, 4.69) is 13.8 Å². The maximum absolute atomic E-state index is 12.9. The molecule has 6 heteroatoms. The zero-order valence-corrected chi connectivity index (χ0v) is 12.8. The molecule has 0 unspecified atom stereocenters. The molecule has 0 aliphatic carbocycles. The van der Waals surface area contributed by atoms with Crippen molar-refractivity contribution in [1.29, 1.82) is 0 Å². The largest absolute Gasteiger partial charge is 0.331 e. The van der Waals surface area contributed by atoms with E-state index in [0.29, 0.717) is 19.1 Å². The Morgan fingerprint density at radius 3 is 2.30 bits per heavy atom. The van der Waals surface area contributed by atoms with E-state index in [0.717, 1.165) is 19.5 Å². The van der Waals surface area contributed by atoms with E-state index in [9.17, 15) is 12.8 Å². The minimum Gasteiger partial charge on any atom is -0.331 e. The number of rotatable bonds is 4. The molecule has 1 fully saturated rings. The molecule has 2 rings (SSSR count). The molecule has 20 heavy (non-hydrogen) atoms. The highest BCUT2D eigenvalue weighted by atomic mass is 32.2. The van der Waals surface area contributed by atoms with Gasteiger partial charge in [-0.2, -0.15) is 4.31 Å². The second kappa shape index (κ2) is 6.20. The first-order valence-electron chi connectivity index (χ1n) is 7.05. The molecule has 1 aromatic rings. The predicted octanol–water partition coefficient (Wildman–Crippen LogP) is 0.513. The van der Waals surface area contributed by atoms with Gasteiger partial charge in [0, 0.05) is 0 Å². The van der Waals surface area contributed by atoms with Gasteiger partial charge in [-0.1, -0.05) is 6.92 Å². The smallest absolute Gasteiger partial charge is 0.243 e. The standard InChI is InChI=1S/C14H21FN2O2S/c1-3-12(2)16-8-10-17(11-9-16)20(18,19)14-6-4-13(15)5-7-14/h4-7,12H,3,8-11H2,1-2H3/p+1/t12-/m1/s1. The molecule has 0 radical (unpaired) electrons. The van der Waals surface area contributed by atoms with Gasteiger partial charge in [-0.15, -0.1) is 0 Å². The lowest BCUT2D eigenvalue weighted by Crippen LogP contribution is -3.17. The normalized spacial score (nSPS) is 19.9. The maximum Gasteiger partial charge on any atom is 0.243 e. The molecular formula is C14H22FN2O2S+. The third kappa shape index (κ3) is 3.19. The fourth-order valence-corrected chi connectivity index (χ4v) is 3.99. The van der Waals surface area contributed by atoms with Crippen molar-refractivity contribution >= 4 is 10.0 Å². The molecule has 0 saturated carbocycles. The molecule has 0 bridgehead atoms. The van der Waals surface area contributed by atoms with Crippen molar-refractivity contribution in [2.45, 2.75) is 31.2 Å². The van der Waals surface area contributed by atoms with Crippen molar-refractivity contribution < 1.29 is 17.7 Å². The van der Waals surface area contributed by atoms with Crippen molar-refractivity contribution in [2.75, 3.05) is 26.2 Å². The SMILES string of the molecule is CC[C@@H](C)[NH+]1CCN(S(=O)(=O)c2ccc(F)cc2)CC1. The molecule has 1 N–H and O–H groups in total. The molecule has 1 aliphatic rings. The van der Waals surface area contributed by atoms with Gasteiger partial charge >= 0.3 is 0 Å². The Hall–Kier alpha value is -0.980. The highest BCUT2D eigenvalue weighted by Gasteiger charge is 2.31. The topological polar surface area (TPSA) is 41.8 Å². The van der Waals surface area contributed by atoms with Crippen LogP contribution in [-0.4, -0.2) is 44.9 Å². The molecule has 0 aromatic heterocycles. The van der Waals surface area contributed by atoms with Crippen LogP contribution in [0.15, 0.2) is 29.2 Å². The van der Waals surface area contributed by atoms with Crippen LogP contribution in [0.25, 0.3) is 0 Å². The van der Waals surface area contributed by atoms with Gasteiger partial charge in [-0.3, -0.25) is 0 Å². The highest BCUT2D eigenvalue weighted by molar-refractivity contribution is 7.89. The van der Waals surface area contributed by atoms with E-state index in [-0.39, 0.29) is 4.90 Å². The number of hydrogen-bond acceptors (Lipinski definition) is 2. The highest BCUT2D eigenvalue weighted by Crippen LogP contribution is 2.16. The lowest BCUT2D eigenvalue weighted by Gasteiger charge is -2.34. The number of sulfonamides is 1. The first-order valence-corrected chi connectivity index (χ1v) is 8.49. The summed E-state index contributed by atoms with van der Waals surface area (Å²) >= 11 is 0. The third-order valence-corrected chi connectivity index (χ3v) is 6.04. The summed E-state index contributed by atoms with van der Waals surface area (Å²) in [5.41, 5.74) is 0. The monoisotopic (exact) mass is 301 g/mol. The third-order valence-electron chi connectivity index (χ3n) is 4.13. The summed E-state index contributed by atoms with van der Waals surface area (Å²) in [7, 11) is -3.48. The number of hydrogen-bond donors (Lipinski definition) is 1. The molecule has 1 aliphatic heterocycles. The van der Waals surface area contributed by atoms with Crippen molar-refractivity contribution in [2.24, 2.45) is 0 Å². The van der Waals surface area contributed by atoms with Gasteiger partial charge in [0.05, 0.1) is 37.1 Å². The fraction of sp³-hybridized carbons (Fsp3) is 0.571. The van der Waals surface area contributed by atoms with Crippen molar-refractivity contribution in [3.8, 4) is 0 Å². The Morgan fingerprint density at radius 1 is 1.25 bits per heavy atom. The molecule has 1 atom stereocenters. The predicted molar refractivity (Wildman–Crippen MR) is 75.6 cm³/mol. The summed E-state index contributed by atoms with van der Waals surface area (Å²) in [6.07, 6.45) is 1.10. The zero-order valence-electron chi connectivity index (χ0n) is 12.0. The Morgan fingerprint density at radius 2 is 1.80 bits per heavy atom. The minimum absolute atomic E-state index is 0.172. The molecule has 1 saturated heterocycles. The van der Waals surface area contributed by atoms with Gasteiger partial charge < -0.3 is 4.90 Å². The van der Waals surface area contributed by atoms with Crippen LogP contribution in [0.4, 0.5) is 4.39 Å². The zero-order chi connectivity index (χ0) is 14.8. The van der Waals surface area contributed by atoms with Crippen LogP contribution in [0.3, 0.4) is 0 Å². The Kier molecular flexibility index (Phi) is 4.78. The van der Waals surface area contributed by atoms with Gasteiger partial charge in [0.1, 0.15) is 5.82 Å². The van der Waals surface area contributed by atoms with Crippen LogP contribution >= 0.6 is 0 Å². The number of piperazine rings is 1. The van der Waals surface area contributed by atoms with E-state index in [1.54, 1.807) is 0 Å². The van der Waals surface area contributed by atoms with Crippen LogP contribution in [0, 0.1) is 5.82 Å². The summed E-state index contributed by atoms with van der Waals surface area (Å²) in [5, 5.41) is 0. The summed E-state index contributed by atoms with van der Waals surface area (Å²) in [6.45, 7) is 7.06. The van der Waals surface area contributed by atoms with Gasteiger partial charge in [-0.05, 0) is 37.6 Å². The molecule has 4 nitrogen and oxygen atoms in total. The Bertz CT molecular complexity index is 537. The second-order valence-electron chi connectivity index (χ2n) is 5.33. The molecular weight excluding hydrogens is 279 g/mol. The molecule has 0 amide bonds.